The highest BCUT2D eigenvalue weighted by Gasteiger charge is 2.26. The van der Waals surface area contributed by atoms with Gasteiger partial charge in [0.2, 0.25) is 0 Å². The van der Waals surface area contributed by atoms with Crippen LogP contribution in [0.4, 0.5) is 0 Å². The molecule has 1 fully saturated rings. The molecule has 1 N–H and O–H groups in total. The lowest BCUT2D eigenvalue weighted by Crippen LogP contribution is -2.33. The Morgan fingerprint density at radius 2 is 2.17 bits per heavy atom. The molecule has 0 aromatic carbocycles. The van der Waals surface area contributed by atoms with Gasteiger partial charge >= 0.3 is 0 Å². The van der Waals surface area contributed by atoms with Crippen molar-refractivity contribution >= 4 is 0 Å². The fraction of sp³-hybridized carbons (Fsp3) is 1.00. The number of unbranched alkanes of at least 4 members (excludes halogenated alkanes) is 1. The van der Waals surface area contributed by atoms with Crippen LogP contribution in [0.3, 0.4) is 0 Å². The van der Waals surface area contributed by atoms with E-state index in [9.17, 15) is 5.11 Å². The molecule has 1 aliphatic rings. The van der Waals surface area contributed by atoms with Crippen LogP contribution in [-0.2, 0) is 4.74 Å². The molecule has 1 unspecified atom stereocenters. The maximum Gasteiger partial charge on any atom is 0.154 e. The molecule has 2 heteroatoms. The van der Waals surface area contributed by atoms with Crippen molar-refractivity contribution in [1.82, 2.24) is 0 Å². The highest BCUT2D eigenvalue weighted by Crippen LogP contribution is 2.26. The van der Waals surface area contributed by atoms with Crippen LogP contribution in [0.25, 0.3) is 0 Å². The van der Waals surface area contributed by atoms with E-state index >= 15 is 0 Å². The molecule has 0 spiro atoms. The summed E-state index contributed by atoms with van der Waals surface area (Å²) in [6, 6.07) is 0. The van der Waals surface area contributed by atoms with Gasteiger partial charge in [-0.2, -0.15) is 0 Å². The number of rotatable bonds is 3. The smallest absolute Gasteiger partial charge is 0.154 e. The Hall–Kier alpha value is -0.0800. The predicted octanol–water partition coefficient (Wildman–Crippen LogP) is 2.31. The molecule has 0 aromatic rings. The first-order chi connectivity index (χ1) is 5.74. The second-order valence-corrected chi connectivity index (χ2v) is 3.83. The van der Waals surface area contributed by atoms with E-state index in [0.29, 0.717) is 12.0 Å². The molecule has 1 saturated heterocycles. The average Bonchev–Trinajstić information content (AvgIpc) is 2.07. The summed E-state index contributed by atoms with van der Waals surface area (Å²) in [4.78, 5) is 0. The first kappa shape index (κ1) is 10.0. The van der Waals surface area contributed by atoms with Crippen LogP contribution in [0.1, 0.15) is 46.0 Å². The molecular formula is C10H20O2. The van der Waals surface area contributed by atoms with Crippen LogP contribution in [-0.4, -0.2) is 17.5 Å². The molecule has 3 atom stereocenters. The molecule has 72 valence electrons. The summed E-state index contributed by atoms with van der Waals surface area (Å²) < 4.78 is 5.46. The lowest BCUT2D eigenvalue weighted by Gasteiger charge is -2.32. The predicted molar refractivity (Wildman–Crippen MR) is 48.8 cm³/mol. The van der Waals surface area contributed by atoms with Crippen LogP contribution in [0.2, 0.25) is 0 Å². The summed E-state index contributed by atoms with van der Waals surface area (Å²) >= 11 is 0. The van der Waals surface area contributed by atoms with Crippen LogP contribution in [0, 0.1) is 5.92 Å². The number of ether oxygens (including phenoxy) is 1. The fourth-order valence-corrected chi connectivity index (χ4v) is 1.75. The number of hydrogen-bond donors (Lipinski definition) is 1. The van der Waals surface area contributed by atoms with Gasteiger partial charge in [-0.05, 0) is 25.2 Å². The SMILES string of the molecule is CCCC[C@@H]1OC(O)CC[C@H]1C. The van der Waals surface area contributed by atoms with Crippen molar-refractivity contribution in [1.29, 1.82) is 0 Å². The standard InChI is InChI=1S/C10H20O2/c1-3-4-5-9-8(2)6-7-10(11)12-9/h8-11H,3-7H2,1-2H3/t8-,9+,10?/m1/s1. The quantitative estimate of drug-likeness (QED) is 0.708. The molecule has 0 aliphatic carbocycles. The zero-order valence-corrected chi connectivity index (χ0v) is 8.12. The van der Waals surface area contributed by atoms with Gasteiger partial charge in [-0.25, -0.2) is 0 Å². The highest BCUT2D eigenvalue weighted by atomic mass is 16.6. The largest absolute Gasteiger partial charge is 0.368 e. The number of hydrogen-bond acceptors (Lipinski definition) is 2. The molecule has 1 rings (SSSR count). The number of aliphatic hydroxyl groups is 1. The van der Waals surface area contributed by atoms with Gasteiger partial charge in [0.25, 0.3) is 0 Å². The normalized spacial score (nSPS) is 36.8. The molecule has 0 bridgehead atoms. The van der Waals surface area contributed by atoms with Gasteiger partial charge in [-0.3, -0.25) is 0 Å². The molecular weight excluding hydrogens is 152 g/mol. The summed E-state index contributed by atoms with van der Waals surface area (Å²) in [5.74, 6) is 0.625. The van der Waals surface area contributed by atoms with Crippen molar-refractivity contribution < 1.29 is 9.84 Å². The van der Waals surface area contributed by atoms with Crippen molar-refractivity contribution in [2.24, 2.45) is 5.92 Å². The van der Waals surface area contributed by atoms with Crippen molar-refractivity contribution in [3.63, 3.8) is 0 Å². The molecule has 12 heavy (non-hydrogen) atoms. The molecule has 0 aromatic heterocycles. The van der Waals surface area contributed by atoms with Gasteiger partial charge in [0.1, 0.15) is 0 Å². The average molecular weight is 172 g/mol. The minimum absolute atomic E-state index is 0.300. The summed E-state index contributed by atoms with van der Waals surface area (Å²) in [5, 5.41) is 9.27. The first-order valence-corrected chi connectivity index (χ1v) is 5.07. The van der Waals surface area contributed by atoms with E-state index in [2.05, 4.69) is 13.8 Å². The Balaban J connectivity index is 2.28. The van der Waals surface area contributed by atoms with E-state index in [1.807, 2.05) is 0 Å². The number of aliphatic hydroxyl groups excluding tert-OH is 1. The Labute approximate surface area is 74.9 Å². The van der Waals surface area contributed by atoms with Crippen LogP contribution in [0.15, 0.2) is 0 Å². The minimum atomic E-state index is -0.497. The fourth-order valence-electron chi connectivity index (χ4n) is 1.75. The third-order valence-corrected chi connectivity index (χ3v) is 2.68. The van der Waals surface area contributed by atoms with E-state index in [4.69, 9.17) is 4.74 Å². The molecule has 1 aliphatic heterocycles. The van der Waals surface area contributed by atoms with Gasteiger partial charge in [0.15, 0.2) is 6.29 Å². The van der Waals surface area contributed by atoms with Crippen molar-refractivity contribution in [2.45, 2.75) is 58.3 Å². The summed E-state index contributed by atoms with van der Waals surface area (Å²) in [7, 11) is 0. The Morgan fingerprint density at radius 1 is 1.42 bits per heavy atom. The Kier molecular flexibility index (Phi) is 4.02. The topological polar surface area (TPSA) is 29.5 Å². The monoisotopic (exact) mass is 172 g/mol. The zero-order valence-electron chi connectivity index (χ0n) is 8.12. The van der Waals surface area contributed by atoms with Crippen molar-refractivity contribution in [3.8, 4) is 0 Å². The molecule has 0 radical (unpaired) electrons. The van der Waals surface area contributed by atoms with E-state index in [1.165, 1.54) is 12.8 Å². The maximum atomic E-state index is 9.27. The van der Waals surface area contributed by atoms with Gasteiger partial charge < -0.3 is 9.84 Å². The lowest BCUT2D eigenvalue weighted by atomic mass is 9.92. The van der Waals surface area contributed by atoms with Gasteiger partial charge in [0.05, 0.1) is 6.10 Å². The third kappa shape index (κ3) is 2.76. The van der Waals surface area contributed by atoms with Crippen LogP contribution >= 0.6 is 0 Å². The van der Waals surface area contributed by atoms with E-state index in [0.717, 1.165) is 19.3 Å². The molecule has 2 nitrogen and oxygen atoms in total. The van der Waals surface area contributed by atoms with Crippen molar-refractivity contribution in [2.75, 3.05) is 0 Å². The maximum absolute atomic E-state index is 9.27. The summed E-state index contributed by atoms with van der Waals surface area (Å²) in [6.45, 7) is 4.40. The second kappa shape index (κ2) is 4.83. The summed E-state index contributed by atoms with van der Waals surface area (Å²) in [6.07, 6.45) is 5.25. The summed E-state index contributed by atoms with van der Waals surface area (Å²) in [5.41, 5.74) is 0. The van der Waals surface area contributed by atoms with Crippen LogP contribution < -0.4 is 0 Å². The Morgan fingerprint density at radius 3 is 2.83 bits per heavy atom. The molecule has 0 amide bonds. The lowest BCUT2D eigenvalue weighted by molar-refractivity contribution is -0.181. The second-order valence-electron chi connectivity index (χ2n) is 3.83. The Bertz CT molecular complexity index is 125. The van der Waals surface area contributed by atoms with E-state index in [-0.39, 0.29) is 0 Å². The minimum Gasteiger partial charge on any atom is -0.368 e. The zero-order chi connectivity index (χ0) is 8.97. The van der Waals surface area contributed by atoms with Gasteiger partial charge in [-0.1, -0.05) is 26.7 Å². The molecule has 0 saturated carbocycles. The first-order valence-electron chi connectivity index (χ1n) is 5.07. The highest BCUT2D eigenvalue weighted by molar-refractivity contribution is 4.72. The van der Waals surface area contributed by atoms with Crippen molar-refractivity contribution in [3.05, 3.63) is 0 Å². The molecule has 1 heterocycles. The van der Waals surface area contributed by atoms with E-state index < -0.39 is 6.29 Å². The van der Waals surface area contributed by atoms with Gasteiger partial charge in [0, 0.05) is 0 Å². The van der Waals surface area contributed by atoms with E-state index in [1.54, 1.807) is 0 Å². The van der Waals surface area contributed by atoms with Crippen LogP contribution in [0.5, 0.6) is 0 Å². The third-order valence-electron chi connectivity index (χ3n) is 2.68. The van der Waals surface area contributed by atoms with Gasteiger partial charge in [-0.15, -0.1) is 0 Å².